The van der Waals surface area contributed by atoms with Gasteiger partial charge in [-0.25, -0.2) is 8.81 Å². The van der Waals surface area contributed by atoms with E-state index in [-0.39, 0.29) is 18.4 Å². The summed E-state index contributed by atoms with van der Waals surface area (Å²) in [6.07, 6.45) is 2.14. The summed E-state index contributed by atoms with van der Waals surface area (Å²) < 4.78 is 16.1. The van der Waals surface area contributed by atoms with Crippen LogP contribution in [0.1, 0.15) is 36.0 Å². The van der Waals surface area contributed by atoms with Crippen molar-refractivity contribution in [3.8, 4) is 0 Å². The van der Waals surface area contributed by atoms with Gasteiger partial charge in [-0.05, 0) is 37.3 Å². The Morgan fingerprint density at radius 1 is 1.12 bits per heavy atom. The topological polar surface area (TPSA) is 85.0 Å². The number of rotatable bonds is 5. The third-order valence-corrected chi connectivity index (χ3v) is 6.96. The van der Waals surface area contributed by atoms with Crippen LogP contribution in [0.15, 0.2) is 18.2 Å². The Morgan fingerprint density at radius 2 is 1.84 bits per heavy atom. The first kappa shape index (κ1) is 22.9. The van der Waals surface area contributed by atoms with Gasteiger partial charge in [0.25, 0.3) is 11.8 Å². The van der Waals surface area contributed by atoms with Crippen LogP contribution in [0.25, 0.3) is 0 Å². The van der Waals surface area contributed by atoms with E-state index >= 15 is 4.39 Å². The maximum atomic E-state index is 15.3. The van der Waals surface area contributed by atoms with Crippen LogP contribution >= 0.6 is 11.8 Å². The van der Waals surface area contributed by atoms with Gasteiger partial charge in [-0.15, -0.1) is 0 Å². The molecule has 32 heavy (non-hydrogen) atoms. The number of piperazine rings is 1. The van der Waals surface area contributed by atoms with E-state index in [1.165, 1.54) is 6.07 Å². The molecule has 3 saturated heterocycles. The summed E-state index contributed by atoms with van der Waals surface area (Å²) in [5.74, 6) is -1.88. The minimum atomic E-state index is -1.01. The number of anilines is 1. The number of imide groups is 1. The monoisotopic (exact) mass is 465 g/mol. The molecule has 1 aromatic carbocycles. The molecule has 0 bridgehead atoms. The first-order valence-electron chi connectivity index (χ1n) is 11.2. The SMILES string of the molecule is O=C1CCC(N(Cl)C(=O)c2cccc(N3CCC(CN4CCNCC4)CC3)c2F)C(=O)N1. The van der Waals surface area contributed by atoms with Crippen LogP contribution in [0.2, 0.25) is 0 Å². The van der Waals surface area contributed by atoms with E-state index in [1.807, 2.05) is 4.90 Å². The molecule has 3 fully saturated rings. The standard InChI is InChI=1S/C22H29ClFN5O3/c23-29(18-4-5-19(30)26-21(18)31)22(32)16-2-1-3-17(20(16)24)28-10-6-15(7-11-28)14-27-12-8-25-9-13-27/h1-3,15,18,25H,4-14H2,(H,26,30,31). The number of halogens is 2. The molecule has 2 N–H and O–H groups in total. The molecule has 10 heteroatoms. The first-order valence-corrected chi connectivity index (χ1v) is 11.6. The summed E-state index contributed by atoms with van der Waals surface area (Å²) in [4.78, 5) is 40.7. The van der Waals surface area contributed by atoms with Gasteiger partial charge in [-0.3, -0.25) is 19.7 Å². The van der Waals surface area contributed by atoms with E-state index in [9.17, 15) is 14.4 Å². The van der Waals surface area contributed by atoms with Crippen LogP contribution in [-0.2, 0) is 9.59 Å². The molecule has 8 nitrogen and oxygen atoms in total. The minimum Gasteiger partial charge on any atom is -0.369 e. The minimum absolute atomic E-state index is 0.0817. The summed E-state index contributed by atoms with van der Waals surface area (Å²) in [6, 6.07) is 3.67. The molecule has 1 unspecified atom stereocenters. The smallest absolute Gasteiger partial charge is 0.272 e. The van der Waals surface area contributed by atoms with Crippen molar-refractivity contribution in [2.75, 3.05) is 50.7 Å². The Balaban J connectivity index is 1.39. The van der Waals surface area contributed by atoms with E-state index in [1.54, 1.807) is 12.1 Å². The molecule has 0 saturated carbocycles. The zero-order valence-corrected chi connectivity index (χ0v) is 18.7. The summed E-state index contributed by atoms with van der Waals surface area (Å²) >= 11 is 6.13. The van der Waals surface area contributed by atoms with Gasteiger partial charge in [0.1, 0.15) is 6.04 Å². The molecule has 3 amide bonds. The first-order chi connectivity index (χ1) is 15.4. The number of hydrogen-bond donors (Lipinski definition) is 2. The molecule has 174 valence electrons. The van der Waals surface area contributed by atoms with Crippen LogP contribution < -0.4 is 15.5 Å². The average molecular weight is 466 g/mol. The summed E-state index contributed by atoms with van der Waals surface area (Å²) in [5.41, 5.74) is 0.204. The quantitative estimate of drug-likeness (QED) is 0.504. The number of nitrogens with one attached hydrogen (secondary N) is 2. The zero-order chi connectivity index (χ0) is 22.7. The van der Waals surface area contributed by atoms with Gasteiger partial charge >= 0.3 is 0 Å². The fraction of sp³-hybridized carbons (Fsp3) is 0.591. The van der Waals surface area contributed by atoms with Crippen molar-refractivity contribution in [2.45, 2.75) is 31.7 Å². The van der Waals surface area contributed by atoms with Gasteiger partial charge in [-0.2, -0.15) is 0 Å². The number of carbonyl (C=O) groups excluding carboxylic acids is 3. The maximum absolute atomic E-state index is 15.3. The predicted molar refractivity (Wildman–Crippen MR) is 119 cm³/mol. The lowest BCUT2D eigenvalue weighted by molar-refractivity contribution is -0.135. The largest absolute Gasteiger partial charge is 0.369 e. The third kappa shape index (κ3) is 5.05. The van der Waals surface area contributed by atoms with Gasteiger partial charge in [0.2, 0.25) is 5.91 Å². The number of nitrogens with zero attached hydrogens (tertiary/aromatic N) is 3. The van der Waals surface area contributed by atoms with Gasteiger partial charge in [0.15, 0.2) is 5.82 Å². The molecular weight excluding hydrogens is 437 g/mol. The van der Waals surface area contributed by atoms with Crippen molar-refractivity contribution < 1.29 is 18.8 Å². The molecule has 4 rings (SSSR count). The number of piperidine rings is 2. The Morgan fingerprint density at radius 3 is 2.53 bits per heavy atom. The Labute approximate surface area is 192 Å². The Kier molecular flexibility index (Phi) is 7.27. The molecule has 1 atom stereocenters. The highest BCUT2D eigenvalue weighted by Crippen LogP contribution is 2.29. The van der Waals surface area contributed by atoms with Crippen LogP contribution in [0.3, 0.4) is 0 Å². The lowest BCUT2D eigenvalue weighted by Gasteiger charge is -2.37. The number of amides is 3. The maximum Gasteiger partial charge on any atom is 0.272 e. The van der Waals surface area contributed by atoms with Crippen LogP contribution in [0.4, 0.5) is 10.1 Å². The van der Waals surface area contributed by atoms with Crippen molar-refractivity contribution in [1.29, 1.82) is 0 Å². The molecule has 0 aliphatic carbocycles. The van der Waals surface area contributed by atoms with Gasteiger partial charge in [0, 0.05) is 64.0 Å². The highest BCUT2D eigenvalue weighted by atomic mass is 35.5. The van der Waals surface area contributed by atoms with Crippen LogP contribution in [-0.4, -0.2) is 78.9 Å². The molecule has 3 aliphatic rings. The number of benzene rings is 1. The zero-order valence-electron chi connectivity index (χ0n) is 18.0. The predicted octanol–water partition coefficient (Wildman–Crippen LogP) is 1.35. The second kappa shape index (κ2) is 10.1. The van der Waals surface area contributed by atoms with Crippen LogP contribution in [0.5, 0.6) is 0 Å². The fourth-order valence-corrected chi connectivity index (χ4v) is 4.98. The Bertz CT molecular complexity index is 871. The summed E-state index contributed by atoms with van der Waals surface area (Å²) in [6.45, 7) is 6.72. The fourth-order valence-electron chi connectivity index (χ4n) is 4.70. The van der Waals surface area contributed by atoms with E-state index < -0.39 is 29.6 Å². The molecule has 3 heterocycles. The van der Waals surface area contributed by atoms with Crippen molar-refractivity contribution in [2.24, 2.45) is 5.92 Å². The van der Waals surface area contributed by atoms with Gasteiger partial charge in [0.05, 0.1) is 11.3 Å². The highest BCUT2D eigenvalue weighted by molar-refractivity contribution is 6.26. The third-order valence-electron chi connectivity index (χ3n) is 6.57. The normalized spacial score (nSPS) is 23.2. The molecule has 0 aromatic heterocycles. The number of carbonyl (C=O) groups is 3. The average Bonchev–Trinajstić information content (AvgIpc) is 2.80. The summed E-state index contributed by atoms with van der Waals surface area (Å²) in [5, 5.41) is 5.53. The lowest BCUT2D eigenvalue weighted by Crippen LogP contribution is -2.51. The molecule has 1 aromatic rings. The Hall–Kier alpha value is -2.23. The summed E-state index contributed by atoms with van der Waals surface area (Å²) in [7, 11) is 0. The van der Waals surface area contributed by atoms with Gasteiger partial charge in [-0.1, -0.05) is 6.07 Å². The molecular formula is C22H29ClFN5O3. The number of hydrogen-bond acceptors (Lipinski definition) is 6. The highest BCUT2D eigenvalue weighted by Gasteiger charge is 2.35. The molecule has 3 aliphatic heterocycles. The van der Waals surface area contributed by atoms with Crippen LogP contribution in [0, 0.1) is 11.7 Å². The van der Waals surface area contributed by atoms with Crippen molar-refractivity contribution in [3.63, 3.8) is 0 Å². The molecule has 0 radical (unpaired) electrons. The van der Waals surface area contributed by atoms with E-state index in [2.05, 4.69) is 15.5 Å². The van der Waals surface area contributed by atoms with E-state index in [0.717, 1.165) is 58.7 Å². The van der Waals surface area contributed by atoms with Crippen molar-refractivity contribution in [3.05, 3.63) is 29.6 Å². The van der Waals surface area contributed by atoms with E-state index in [0.29, 0.717) is 16.0 Å². The molecule has 0 spiro atoms. The second-order valence-electron chi connectivity index (χ2n) is 8.70. The van der Waals surface area contributed by atoms with Crippen molar-refractivity contribution >= 4 is 35.2 Å². The lowest BCUT2D eigenvalue weighted by atomic mass is 9.95. The van der Waals surface area contributed by atoms with Crippen molar-refractivity contribution in [1.82, 2.24) is 20.0 Å². The van der Waals surface area contributed by atoms with E-state index in [4.69, 9.17) is 11.8 Å². The second-order valence-corrected chi connectivity index (χ2v) is 9.07. The van der Waals surface area contributed by atoms with Gasteiger partial charge < -0.3 is 15.1 Å².